The number of rotatable bonds is 6. The first-order chi connectivity index (χ1) is 9.90. The van der Waals surface area contributed by atoms with E-state index in [1.807, 2.05) is 6.92 Å². The fraction of sp³-hybridized carbons (Fsp3) is 0.571. The zero-order valence-corrected chi connectivity index (χ0v) is 12.8. The van der Waals surface area contributed by atoms with Crippen LogP contribution in [-0.4, -0.2) is 34.8 Å². The highest BCUT2D eigenvalue weighted by molar-refractivity contribution is 5.95. The van der Waals surface area contributed by atoms with Crippen molar-refractivity contribution in [3.05, 3.63) is 28.2 Å². The van der Waals surface area contributed by atoms with Gasteiger partial charge in [0.2, 0.25) is 0 Å². The van der Waals surface area contributed by atoms with E-state index in [0.29, 0.717) is 6.54 Å². The average molecular weight is 295 g/mol. The van der Waals surface area contributed by atoms with Crippen LogP contribution in [0.2, 0.25) is 0 Å². The average Bonchev–Trinajstić information content (AvgIpc) is 2.45. The molecule has 1 N–H and O–H groups in total. The minimum atomic E-state index is -0.754. The Morgan fingerprint density at radius 1 is 1.38 bits per heavy atom. The van der Waals surface area contributed by atoms with Crippen LogP contribution in [0.25, 0.3) is 0 Å². The van der Waals surface area contributed by atoms with E-state index in [0.717, 1.165) is 6.42 Å². The van der Waals surface area contributed by atoms with Gasteiger partial charge in [0.1, 0.15) is 11.7 Å². The summed E-state index contributed by atoms with van der Waals surface area (Å²) in [7, 11) is 1.27. The van der Waals surface area contributed by atoms with Crippen molar-refractivity contribution in [2.24, 2.45) is 5.92 Å². The van der Waals surface area contributed by atoms with E-state index >= 15 is 0 Å². The molecule has 1 atom stereocenters. The van der Waals surface area contributed by atoms with Crippen molar-refractivity contribution in [3.8, 4) is 0 Å². The predicted molar refractivity (Wildman–Crippen MR) is 76.9 cm³/mol. The van der Waals surface area contributed by atoms with E-state index in [4.69, 9.17) is 0 Å². The number of ether oxygens (including phenoxy) is 1. The minimum absolute atomic E-state index is 0.0950. The lowest BCUT2D eigenvalue weighted by molar-refractivity contribution is -0.144. The molecular weight excluding hydrogens is 274 g/mol. The Hall–Kier alpha value is -2.18. The van der Waals surface area contributed by atoms with Gasteiger partial charge in [-0.05, 0) is 18.4 Å². The van der Waals surface area contributed by atoms with E-state index in [1.165, 1.54) is 23.9 Å². The minimum Gasteiger partial charge on any atom is -0.467 e. The SMILES string of the molecule is CCCn1nc(C(=O)N[C@H](C(=O)OC)C(C)C)ccc1=O. The molecule has 0 radical (unpaired) electrons. The molecule has 1 heterocycles. The number of aromatic nitrogens is 2. The Kier molecular flexibility index (Phi) is 6.08. The molecule has 0 bridgehead atoms. The topological polar surface area (TPSA) is 90.3 Å². The molecule has 0 saturated carbocycles. The number of methoxy groups -OCH3 is 1. The Balaban J connectivity index is 2.95. The first-order valence-electron chi connectivity index (χ1n) is 6.87. The number of nitrogens with zero attached hydrogens (tertiary/aromatic N) is 2. The standard InChI is InChI=1S/C14H21N3O4/c1-5-8-17-11(18)7-6-10(16-17)13(19)15-12(9(2)3)14(20)21-4/h6-7,9,12H,5,8H2,1-4H3,(H,15,19)/t12-/m0/s1. The zero-order valence-electron chi connectivity index (χ0n) is 12.8. The fourth-order valence-corrected chi connectivity index (χ4v) is 1.78. The molecule has 0 aromatic carbocycles. The smallest absolute Gasteiger partial charge is 0.328 e. The van der Waals surface area contributed by atoms with Crippen LogP contribution < -0.4 is 10.9 Å². The predicted octanol–water partition coefficient (Wildman–Crippen LogP) is 0.581. The van der Waals surface area contributed by atoms with Crippen molar-refractivity contribution in [1.82, 2.24) is 15.1 Å². The third kappa shape index (κ3) is 4.40. The van der Waals surface area contributed by atoms with Crippen LogP contribution in [-0.2, 0) is 16.1 Å². The van der Waals surface area contributed by atoms with Crippen molar-refractivity contribution in [2.75, 3.05) is 7.11 Å². The molecule has 116 valence electrons. The number of amides is 1. The van der Waals surface area contributed by atoms with Crippen LogP contribution >= 0.6 is 0 Å². The fourth-order valence-electron chi connectivity index (χ4n) is 1.78. The monoisotopic (exact) mass is 295 g/mol. The van der Waals surface area contributed by atoms with Crippen molar-refractivity contribution < 1.29 is 14.3 Å². The summed E-state index contributed by atoms with van der Waals surface area (Å²) in [6.45, 7) is 5.94. The number of hydrogen-bond acceptors (Lipinski definition) is 5. The Bertz CT molecular complexity index is 566. The van der Waals surface area contributed by atoms with E-state index in [2.05, 4.69) is 15.2 Å². The summed E-state index contributed by atoms with van der Waals surface area (Å²) in [6, 6.07) is 1.88. The molecule has 0 aliphatic rings. The second kappa shape index (κ2) is 7.56. The summed E-state index contributed by atoms with van der Waals surface area (Å²) < 4.78 is 5.90. The third-order valence-corrected chi connectivity index (χ3v) is 2.94. The number of hydrogen-bond donors (Lipinski definition) is 1. The van der Waals surface area contributed by atoms with Crippen molar-refractivity contribution in [1.29, 1.82) is 0 Å². The summed E-state index contributed by atoms with van der Waals surface area (Å²) in [5.74, 6) is -1.15. The summed E-state index contributed by atoms with van der Waals surface area (Å²) in [6.07, 6.45) is 0.731. The summed E-state index contributed by atoms with van der Waals surface area (Å²) >= 11 is 0. The number of aryl methyl sites for hydroxylation is 1. The summed E-state index contributed by atoms with van der Waals surface area (Å²) in [5, 5.41) is 6.58. The van der Waals surface area contributed by atoms with Gasteiger partial charge in [0.15, 0.2) is 0 Å². The van der Waals surface area contributed by atoms with Crippen LogP contribution in [0, 0.1) is 5.92 Å². The number of carbonyl (C=O) groups is 2. The van der Waals surface area contributed by atoms with Crippen LogP contribution in [0.3, 0.4) is 0 Å². The lowest BCUT2D eigenvalue weighted by Crippen LogP contribution is -2.45. The molecule has 1 aromatic rings. The molecule has 0 spiro atoms. The van der Waals surface area contributed by atoms with Gasteiger partial charge >= 0.3 is 5.97 Å². The van der Waals surface area contributed by atoms with Gasteiger partial charge in [-0.15, -0.1) is 0 Å². The summed E-state index contributed by atoms with van der Waals surface area (Å²) in [4.78, 5) is 35.3. The maximum absolute atomic E-state index is 12.2. The molecule has 21 heavy (non-hydrogen) atoms. The molecule has 1 aromatic heterocycles. The Morgan fingerprint density at radius 3 is 2.57 bits per heavy atom. The second-order valence-electron chi connectivity index (χ2n) is 5.00. The van der Waals surface area contributed by atoms with Crippen LogP contribution in [0.15, 0.2) is 16.9 Å². The highest BCUT2D eigenvalue weighted by Gasteiger charge is 2.26. The normalized spacial score (nSPS) is 12.0. The highest BCUT2D eigenvalue weighted by Crippen LogP contribution is 2.05. The zero-order chi connectivity index (χ0) is 16.0. The van der Waals surface area contributed by atoms with Crippen LogP contribution in [0.4, 0.5) is 0 Å². The lowest BCUT2D eigenvalue weighted by atomic mass is 10.0. The Labute approximate surface area is 123 Å². The van der Waals surface area contributed by atoms with Crippen LogP contribution in [0.5, 0.6) is 0 Å². The van der Waals surface area contributed by atoms with Gasteiger partial charge in [-0.25, -0.2) is 9.48 Å². The van der Waals surface area contributed by atoms with Gasteiger partial charge in [0, 0.05) is 12.6 Å². The highest BCUT2D eigenvalue weighted by atomic mass is 16.5. The quantitative estimate of drug-likeness (QED) is 0.775. The molecule has 7 nitrogen and oxygen atoms in total. The molecule has 0 unspecified atom stereocenters. The molecule has 0 fully saturated rings. The molecular formula is C14H21N3O4. The van der Waals surface area contributed by atoms with Gasteiger partial charge < -0.3 is 10.1 Å². The van der Waals surface area contributed by atoms with Gasteiger partial charge in [-0.3, -0.25) is 9.59 Å². The van der Waals surface area contributed by atoms with E-state index in [-0.39, 0.29) is 17.2 Å². The van der Waals surface area contributed by atoms with Gasteiger partial charge in [-0.1, -0.05) is 20.8 Å². The number of esters is 1. The van der Waals surface area contributed by atoms with Gasteiger partial charge in [0.05, 0.1) is 7.11 Å². The lowest BCUT2D eigenvalue weighted by Gasteiger charge is -2.19. The molecule has 7 heteroatoms. The number of carbonyl (C=O) groups excluding carboxylic acids is 2. The Morgan fingerprint density at radius 2 is 2.05 bits per heavy atom. The third-order valence-electron chi connectivity index (χ3n) is 2.94. The molecule has 0 aliphatic heterocycles. The summed E-state index contributed by atoms with van der Waals surface area (Å²) in [5.41, 5.74) is -0.167. The number of nitrogens with one attached hydrogen (secondary N) is 1. The van der Waals surface area contributed by atoms with Crippen molar-refractivity contribution in [2.45, 2.75) is 39.8 Å². The first-order valence-corrected chi connectivity index (χ1v) is 6.87. The molecule has 1 amide bonds. The van der Waals surface area contributed by atoms with Crippen molar-refractivity contribution in [3.63, 3.8) is 0 Å². The van der Waals surface area contributed by atoms with Crippen molar-refractivity contribution >= 4 is 11.9 Å². The van der Waals surface area contributed by atoms with Crippen LogP contribution in [0.1, 0.15) is 37.7 Å². The van der Waals surface area contributed by atoms with Gasteiger partial charge in [0.25, 0.3) is 11.5 Å². The molecule has 0 saturated heterocycles. The second-order valence-corrected chi connectivity index (χ2v) is 5.00. The first kappa shape index (κ1) is 16.9. The molecule has 1 rings (SSSR count). The maximum Gasteiger partial charge on any atom is 0.328 e. The molecule has 0 aliphatic carbocycles. The van der Waals surface area contributed by atoms with E-state index in [9.17, 15) is 14.4 Å². The largest absolute Gasteiger partial charge is 0.467 e. The van der Waals surface area contributed by atoms with E-state index < -0.39 is 17.9 Å². The van der Waals surface area contributed by atoms with E-state index in [1.54, 1.807) is 13.8 Å². The van der Waals surface area contributed by atoms with Gasteiger partial charge in [-0.2, -0.15) is 5.10 Å². The maximum atomic E-state index is 12.2.